The fraction of sp³-hybridized carbons (Fsp3) is 0.115. The van der Waals surface area contributed by atoms with Crippen LogP contribution in [0.4, 0.5) is 5.69 Å². The summed E-state index contributed by atoms with van der Waals surface area (Å²) in [4.78, 5) is 38.0. The average molecular weight is 476 g/mol. The van der Waals surface area contributed by atoms with E-state index in [-0.39, 0.29) is 5.91 Å². The standard InChI is InChI=1S/C26H21N9O/c1-2-4-21(36)30-17-11-16(13-28-14-17)18-6-7-20-24(31-18)25(35-34-20)26-32-19-8-10-29-22(23(19)33-26)15-5-3-9-27-12-15/h3,5-14H,2,4H2,1H3,(H,30,36)(H,32,33)(H,34,35). The number of hydrogen-bond donors (Lipinski definition) is 3. The molecule has 0 saturated heterocycles. The van der Waals surface area contributed by atoms with Gasteiger partial charge >= 0.3 is 0 Å². The Morgan fingerprint density at radius 3 is 2.67 bits per heavy atom. The summed E-state index contributed by atoms with van der Waals surface area (Å²) in [6, 6.07) is 11.4. The number of aromatic amines is 2. The number of fused-ring (bicyclic) bond motifs is 2. The maximum atomic E-state index is 12.0. The summed E-state index contributed by atoms with van der Waals surface area (Å²) in [6.45, 7) is 1.97. The molecular weight excluding hydrogens is 454 g/mol. The molecule has 6 aromatic heterocycles. The average Bonchev–Trinajstić information content (AvgIpc) is 3.53. The van der Waals surface area contributed by atoms with Gasteiger partial charge in [0, 0.05) is 42.3 Å². The zero-order chi connectivity index (χ0) is 24.5. The molecule has 0 atom stereocenters. The lowest BCUT2D eigenvalue weighted by Gasteiger charge is -2.06. The Bertz CT molecular complexity index is 1710. The Labute approximate surface area is 205 Å². The lowest BCUT2D eigenvalue weighted by Crippen LogP contribution is -2.10. The number of amides is 1. The first-order chi connectivity index (χ1) is 17.7. The molecule has 6 rings (SSSR count). The summed E-state index contributed by atoms with van der Waals surface area (Å²) in [6.07, 6.45) is 9.82. The van der Waals surface area contributed by atoms with Crippen molar-refractivity contribution in [2.75, 3.05) is 5.32 Å². The molecule has 36 heavy (non-hydrogen) atoms. The van der Waals surface area contributed by atoms with Crippen LogP contribution in [-0.2, 0) is 4.79 Å². The minimum absolute atomic E-state index is 0.0398. The molecule has 176 valence electrons. The van der Waals surface area contributed by atoms with Gasteiger partial charge in [-0.1, -0.05) is 6.92 Å². The van der Waals surface area contributed by atoms with Crippen molar-refractivity contribution in [3.8, 4) is 34.0 Å². The highest BCUT2D eigenvalue weighted by atomic mass is 16.1. The number of aromatic nitrogens is 8. The largest absolute Gasteiger partial charge is 0.336 e. The van der Waals surface area contributed by atoms with Crippen molar-refractivity contribution in [2.24, 2.45) is 0 Å². The first-order valence-corrected chi connectivity index (χ1v) is 11.6. The monoisotopic (exact) mass is 475 g/mol. The smallest absolute Gasteiger partial charge is 0.224 e. The SMILES string of the molecule is CCCC(=O)Nc1cncc(-c2ccc3[nH]nc(-c4nc5c(-c6cccnc6)nccc5[nH]4)c3n2)c1. The van der Waals surface area contributed by atoms with Gasteiger partial charge in [-0.25, -0.2) is 9.97 Å². The van der Waals surface area contributed by atoms with Gasteiger partial charge in [-0.3, -0.25) is 24.8 Å². The summed E-state index contributed by atoms with van der Waals surface area (Å²) >= 11 is 0. The number of anilines is 1. The van der Waals surface area contributed by atoms with Crippen molar-refractivity contribution in [3.05, 3.63) is 67.4 Å². The van der Waals surface area contributed by atoms with Crippen LogP contribution in [0.3, 0.4) is 0 Å². The molecule has 6 aromatic rings. The molecule has 0 saturated carbocycles. The fourth-order valence-electron chi connectivity index (χ4n) is 4.09. The second-order valence-electron chi connectivity index (χ2n) is 8.31. The van der Waals surface area contributed by atoms with Gasteiger partial charge in [0.1, 0.15) is 11.0 Å². The molecule has 0 aliphatic carbocycles. The fourth-order valence-corrected chi connectivity index (χ4v) is 4.09. The lowest BCUT2D eigenvalue weighted by atomic mass is 10.1. The van der Waals surface area contributed by atoms with Gasteiger partial charge in [-0.05, 0) is 42.8 Å². The number of pyridine rings is 4. The Morgan fingerprint density at radius 1 is 0.917 bits per heavy atom. The molecule has 0 unspecified atom stereocenters. The van der Waals surface area contributed by atoms with Crippen LogP contribution in [0.25, 0.3) is 56.1 Å². The van der Waals surface area contributed by atoms with Crippen molar-refractivity contribution in [3.63, 3.8) is 0 Å². The molecule has 0 radical (unpaired) electrons. The van der Waals surface area contributed by atoms with Crippen LogP contribution in [-0.4, -0.2) is 46.0 Å². The van der Waals surface area contributed by atoms with Gasteiger partial charge in [0.05, 0.1) is 34.3 Å². The van der Waals surface area contributed by atoms with E-state index in [1.54, 1.807) is 31.0 Å². The number of carbonyl (C=O) groups excluding carboxylic acids is 1. The summed E-state index contributed by atoms with van der Waals surface area (Å²) in [5.41, 5.74) is 7.36. The van der Waals surface area contributed by atoms with Crippen LogP contribution in [0.1, 0.15) is 19.8 Å². The number of nitrogens with one attached hydrogen (secondary N) is 3. The van der Waals surface area contributed by atoms with E-state index in [0.717, 1.165) is 39.8 Å². The maximum Gasteiger partial charge on any atom is 0.224 e. The van der Waals surface area contributed by atoms with E-state index < -0.39 is 0 Å². The summed E-state index contributed by atoms with van der Waals surface area (Å²) in [5, 5.41) is 10.4. The van der Waals surface area contributed by atoms with Crippen LogP contribution >= 0.6 is 0 Å². The number of H-pyrrole nitrogens is 2. The normalized spacial score (nSPS) is 11.2. The minimum Gasteiger partial charge on any atom is -0.336 e. The van der Waals surface area contributed by atoms with E-state index in [1.807, 2.05) is 43.3 Å². The van der Waals surface area contributed by atoms with Gasteiger partial charge < -0.3 is 10.3 Å². The predicted octanol–water partition coefficient (Wildman–Crippen LogP) is 4.76. The van der Waals surface area contributed by atoms with Crippen molar-refractivity contribution < 1.29 is 4.79 Å². The van der Waals surface area contributed by atoms with E-state index in [1.165, 1.54) is 0 Å². The Hall–Kier alpha value is -4.99. The lowest BCUT2D eigenvalue weighted by molar-refractivity contribution is -0.116. The van der Waals surface area contributed by atoms with Gasteiger partial charge in [-0.15, -0.1) is 0 Å². The summed E-state index contributed by atoms with van der Waals surface area (Å²) in [5.74, 6) is 0.541. The first kappa shape index (κ1) is 21.5. The molecule has 0 aliphatic rings. The zero-order valence-corrected chi connectivity index (χ0v) is 19.4. The predicted molar refractivity (Wildman–Crippen MR) is 137 cm³/mol. The molecule has 0 aromatic carbocycles. The topological polar surface area (TPSA) is 138 Å². The van der Waals surface area contributed by atoms with Crippen LogP contribution < -0.4 is 5.32 Å². The zero-order valence-electron chi connectivity index (χ0n) is 19.4. The molecule has 0 fully saturated rings. The summed E-state index contributed by atoms with van der Waals surface area (Å²) in [7, 11) is 0. The summed E-state index contributed by atoms with van der Waals surface area (Å²) < 4.78 is 0. The van der Waals surface area contributed by atoms with Crippen LogP contribution in [0.15, 0.2) is 67.4 Å². The molecule has 10 nitrogen and oxygen atoms in total. The van der Waals surface area contributed by atoms with E-state index >= 15 is 0 Å². The number of nitrogens with zero attached hydrogens (tertiary/aromatic N) is 6. The van der Waals surface area contributed by atoms with Crippen molar-refractivity contribution >= 4 is 33.7 Å². The second kappa shape index (κ2) is 8.99. The third-order valence-electron chi connectivity index (χ3n) is 5.76. The first-order valence-electron chi connectivity index (χ1n) is 11.6. The molecule has 10 heteroatoms. The Kier molecular flexibility index (Phi) is 5.38. The molecular formula is C26H21N9O. The number of imidazole rings is 1. The molecule has 0 aliphatic heterocycles. The number of rotatable bonds is 6. The highest BCUT2D eigenvalue weighted by molar-refractivity contribution is 5.95. The van der Waals surface area contributed by atoms with Crippen LogP contribution in [0.5, 0.6) is 0 Å². The molecule has 0 spiro atoms. The van der Waals surface area contributed by atoms with Gasteiger partial charge in [0.25, 0.3) is 0 Å². The highest BCUT2D eigenvalue weighted by Gasteiger charge is 2.17. The number of hydrogen-bond acceptors (Lipinski definition) is 7. The highest BCUT2D eigenvalue weighted by Crippen LogP contribution is 2.30. The number of carbonyl (C=O) groups is 1. The minimum atomic E-state index is -0.0398. The molecule has 0 bridgehead atoms. The van der Waals surface area contributed by atoms with E-state index in [2.05, 4.69) is 35.5 Å². The van der Waals surface area contributed by atoms with Crippen LogP contribution in [0, 0.1) is 0 Å². The Morgan fingerprint density at radius 2 is 1.81 bits per heavy atom. The molecule has 3 N–H and O–H groups in total. The molecule has 1 amide bonds. The van der Waals surface area contributed by atoms with E-state index in [4.69, 9.17) is 9.97 Å². The van der Waals surface area contributed by atoms with Gasteiger partial charge in [0.15, 0.2) is 11.5 Å². The molecule has 6 heterocycles. The third kappa shape index (κ3) is 3.94. The van der Waals surface area contributed by atoms with Gasteiger partial charge in [-0.2, -0.15) is 5.10 Å². The van der Waals surface area contributed by atoms with Crippen molar-refractivity contribution in [1.29, 1.82) is 0 Å². The van der Waals surface area contributed by atoms with Crippen molar-refractivity contribution in [1.82, 2.24) is 40.1 Å². The quantitative estimate of drug-likeness (QED) is 0.316. The van der Waals surface area contributed by atoms with E-state index in [9.17, 15) is 4.79 Å². The second-order valence-corrected chi connectivity index (χ2v) is 8.31. The Balaban J connectivity index is 1.40. The van der Waals surface area contributed by atoms with Crippen molar-refractivity contribution in [2.45, 2.75) is 19.8 Å². The van der Waals surface area contributed by atoms with Crippen LogP contribution in [0.2, 0.25) is 0 Å². The van der Waals surface area contributed by atoms with Gasteiger partial charge in [0.2, 0.25) is 5.91 Å². The third-order valence-corrected chi connectivity index (χ3v) is 5.76. The van der Waals surface area contributed by atoms with E-state index in [0.29, 0.717) is 34.8 Å². The maximum absolute atomic E-state index is 12.0.